The monoisotopic (exact) mass is 389 g/mol. The number of nitrogens with zero attached hydrogens (tertiary/aromatic N) is 1. The Morgan fingerprint density at radius 1 is 1.41 bits per heavy atom. The second kappa shape index (κ2) is 10.8. The van der Waals surface area contributed by atoms with Crippen LogP contribution in [0.1, 0.15) is 18.4 Å². The lowest BCUT2D eigenvalue weighted by Crippen LogP contribution is -2.32. The predicted molar refractivity (Wildman–Crippen MR) is 112 cm³/mol. The first-order valence-corrected chi connectivity index (χ1v) is 10.1. The number of ether oxygens (including phenoxy) is 2. The van der Waals surface area contributed by atoms with Gasteiger partial charge >= 0.3 is 5.97 Å². The van der Waals surface area contributed by atoms with Gasteiger partial charge in [0.2, 0.25) is 0 Å². The van der Waals surface area contributed by atoms with Crippen LogP contribution < -0.4 is 9.47 Å². The molecule has 27 heavy (non-hydrogen) atoms. The molecule has 0 unspecified atom stereocenters. The smallest absolute Gasteiger partial charge is 0.328 e. The first-order valence-electron chi connectivity index (χ1n) is 8.90. The molecule has 2 rings (SSSR count). The predicted octanol–water partition coefficient (Wildman–Crippen LogP) is 4.07. The molecule has 0 saturated carbocycles. The Labute approximate surface area is 165 Å². The molecular formula is C21H27NO4S. The van der Waals surface area contributed by atoms with Gasteiger partial charge in [0.15, 0.2) is 11.5 Å². The van der Waals surface area contributed by atoms with E-state index in [4.69, 9.17) is 14.6 Å². The van der Waals surface area contributed by atoms with Crippen molar-refractivity contribution in [2.45, 2.75) is 12.8 Å². The Balaban J connectivity index is 1.88. The van der Waals surface area contributed by atoms with Gasteiger partial charge in [-0.05, 0) is 53.3 Å². The Kier molecular flexibility index (Phi) is 8.48. The molecule has 0 aliphatic carbocycles. The summed E-state index contributed by atoms with van der Waals surface area (Å²) in [6.07, 6.45) is 8.71. The largest absolute Gasteiger partial charge is 0.493 e. The summed E-state index contributed by atoms with van der Waals surface area (Å²) in [5, 5.41) is 8.75. The highest BCUT2D eigenvalue weighted by molar-refractivity contribution is 8.02. The number of benzene rings is 1. The van der Waals surface area contributed by atoms with E-state index in [1.54, 1.807) is 25.3 Å². The molecule has 1 N–H and O–H groups in total. The lowest BCUT2D eigenvalue weighted by atomic mass is 10.1. The van der Waals surface area contributed by atoms with E-state index in [2.05, 4.69) is 17.7 Å². The van der Waals surface area contributed by atoms with Gasteiger partial charge in [-0.2, -0.15) is 0 Å². The Morgan fingerprint density at radius 2 is 2.22 bits per heavy atom. The molecule has 1 heterocycles. The van der Waals surface area contributed by atoms with Crippen LogP contribution in [0.4, 0.5) is 0 Å². The van der Waals surface area contributed by atoms with Crippen LogP contribution in [0.25, 0.3) is 6.08 Å². The van der Waals surface area contributed by atoms with E-state index < -0.39 is 5.97 Å². The maximum atomic E-state index is 10.7. The van der Waals surface area contributed by atoms with Crippen molar-refractivity contribution in [3.05, 3.63) is 53.0 Å². The number of rotatable bonds is 10. The van der Waals surface area contributed by atoms with E-state index in [9.17, 15) is 4.79 Å². The van der Waals surface area contributed by atoms with E-state index in [0.717, 1.165) is 44.1 Å². The highest BCUT2D eigenvalue weighted by atomic mass is 32.2. The molecule has 0 atom stereocenters. The number of aliphatic carboxylic acids is 1. The number of hydrogen-bond donors (Lipinski definition) is 1. The molecule has 146 valence electrons. The van der Waals surface area contributed by atoms with Crippen LogP contribution in [-0.4, -0.2) is 55.6 Å². The van der Waals surface area contributed by atoms with Crippen LogP contribution >= 0.6 is 11.8 Å². The summed E-state index contributed by atoms with van der Waals surface area (Å²) in [6.45, 7) is 7.46. The highest BCUT2D eigenvalue weighted by Gasteiger charge is 2.16. The second-order valence-corrected chi connectivity index (χ2v) is 7.07. The molecular weight excluding hydrogens is 362 g/mol. The van der Waals surface area contributed by atoms with Crippen LogP contribution in [-0.2, 0) is 4.79 Å². The molecule has 0 saturated heterocycles. The third-order valence-electron chi connectivity index (χ3n) is 4.38. The van der Waals surface area contributed by atoms with Crippen molar-refractivity contribution in [2.24, 2.45) is 0 Å². The maximum absolute atomic E-state index is 10.7. The summed E-state index contributed by atoms with van der Waals surface area (Å²) >= 11 is 1.82. The number of carboxylic acids is 1. The summed E-state index contributed by atoms with van der Waals surface area (Å²) in [6, 6.07) is 5.38. The molecule has 1 aliphatic heterocycles. The summed E-state index contributed by atoms with van der Waals surface area (Å²) in [7, 11) is 1.59. The molecule has 5 nitrogen and oxygen atoms in total. The van der Waals surface area contributed by atoms with Gasteiger partial charge in [0.25, 0.3) is 0 Å². The van der Waals surface area contributed by atoms with Crippen molar-refractivity contribution >= 4 is 23.8 Å². The molecule has 0 bridgehead atoms. The van der Waals surface area contributed by atoms with Crippen molar-refractivity contribution in [2.75, 3.05) is 39.6 Å². The second-order valence-electron chi connectivity index (χ2n) is 6.17. The van der Waals surface area contributed by atoms with Gasteiger partial charge in [0, 0.05) is 25.7 Å². The number of thioether (sulfide) groups is 1. The number of methoxy groups -OCH3 is 1. The average molecular weight is 390 g/mol. The minimum atomic E-state index is -0.979. The maximum Gasteiger partial charge on any atom is 0.328 e. The molecule has 0 amide bonds. The molecule has 1 aromatic rings. The fourth-order valence-electron chi connectivity index (χ4n) is 2.98. The van der Waals surface area contributed by atoms with Crippen LogP contribution in [0.5, 0.6) is 11.5 Å². The third kappa shape index (κ3) is 6.48. The zero-order valence-corrected chi connectivity index (χ0v) is 16.8. The Hall–Kier alpha value is -2.18. The lowest BCUT2D eigenvalue weighted by molar-refractivity contribution is -0.131. The molecule has 0 spiro atoms. The summed E-state index contributed by atoms with van der Waals surface area (Å²) in [5.41, 5.74) is 2.09. The van der Waals surface area contributed by atoms with Gasteiger partial charge in [0.1, 0.15) is 0 Å². The standard InChI is InChI=1S/C21H27NO4S/c1-4-17-15-22(12-10-20(17)27-3)11-5-13-26-19-14-16(7-9-21(23)24)6-8-18(19)25-2/h4,6-9,14H,1,5,10-13,15H2,2-3H3,(H,23,24)/b9-7+. The molecule has 6 heteroatoms. The van der Waals surface area contributed by atoms with Crippen LogP contribution in [0.15, 0.2) is 47.4 Å². The summed E-state index contributed by atoms with van der Waals surface area (Å²) < 4.78 is 11.2. The molecule has 0 fully saturated rings. The Bertz CT molecular complexity index is 727. The van der Waals surface area contributed by atoms with Crippen molar-refractivity contribution in [3.63, 3.8) is 0 Å². The van der Waals surface area contributed by atoms with Gasteiger partial charge in [-0.15, -0.1) is 11.8 Å². The zero-order valence-electron chi connectivity index (χ0n) is 15.9. The fraction of sp³-hybridized carbons (Fsp3) is 0.381. The minimum absolute atomic E-state index is 0.571. The van der Waals surface area contributed by atoms with Gasteiger partial charge in [-0.25, -0.2) is 4.79 Å². The SMILES string of the molecule is C=CC1=C(SC)CCN(CCCOc2cc(/C=C/C(=O)O)ccc2OC)C1. The molecule has 1 aromatic carbocycles. The minimum Gasteiger partial charge on any atom is -0.493 e. The van der Waals surface area contributed by atoms with Crippen LogP contribution in [0.2, 0.25) is 0 Å². The van der Waals surface area contributed by atoms with E-state index in [0.29, 0.717) is 18.1 Å². The zero-order chi connectivity index (χ0) is 19.6. The molecule has 0 radical (unpaired) electrons. The van der Waals surface area contributed by atoms with Gasteiger partial charge < -0.3 is 14.6 Å². The van der Waals surface area contributed by atoms with Crippen LogP contribution in [0.3, 0.4) is 0 Å². The third-order valence-corrected chi connectivity index (χ3v) is 5.34. The lowest BCUT2D eigenvalue weighted by Gasteiger charge is -2.29. The number of hydrogen-bond acceptors (Lipinski definition) is 5. The Morgan fingerprint density at radius 3 is 2.89 bits per heavy atom. The fourth-order valence-corrected chi connectivity index (χ4v) is 3.68. The van der Waals surface area contributed by atoms with E-state index in [1.165, 1.54) is 16.6 Å². The van der Waals surface area contributed by atoms with Crippen LogP contribution in [0, 0.1) is 0 Å². The molecule has 1 aliphatic rings. The first-order chi connectivity index (χ1) is 13.1. The van der Waals surface area contributed by atoms with E-state index in [-0.39, 0.29) is 0 Å². The number of carbonyl (C=O) groups is 1. The van der Waals surface area contributed by atoms with Gasteiger partial charge in [0.05, 0.1) is 13.7 Å². The summed E-state index contributed by atoms with van der Waals surface area (Å²) in [4.78, 5) is 14.5. The quantitative estimate of drug-likeness (QED) is 0.481. The van der Waals surface area contributed by atoms with Gasteiger partial charge in [-0.3, -0.25) is 4.90 Å². The van der Waals surface area contributed by atoms with Crippen molar-refractivity contribution in [1.82, 2.24) is 4.90 Å². The normalized spacial score (nSPS) is 15.2. The highest BCUT2D eigenvalue weighted by Crippen LogP contribution is 2.29. The average Bonchev–Trinajstić information content (AvgIpc) is 2.69. The van der Waals surface area contributed by atoms with E-state index >= 15 is 0 Å². The number of carboxylic acid groups (broad SMARTS) is 1. The van der Waals surface area contributed by atoms with Crippen molar-refractivity contribution in [3.8, 4) is 11.5 Å². The van der Waals surface area contributed by atoms with Crippen molar-refractivity contribution < 1.29 is 19.4 Å². The topological polar surface area (TPSA) is 59.0 Å². The molecule has 0 aromatic heterocycles. The van der Waals surface area contributed by atoms with Crippen molar-refractivity contribution in [1.29, 1.82) is 0 Å². The van der Waals surface area contributed by atoms with Gasteiger partial charge in [-0.1, -0.05) is 18.7 Å². The van der Waals surface area contributed by atoms with E-state index in [1.807, 2.05) is 17.8 Å². The first kappa shape index (κ1) is 21.1. The summed E-state index contributed by atoms with van der Waals surface area (Å²) in [5.74, 6) is 0.286.